The molecule has 0 N–H and O–H groups in total. The molecule has 0 spiro atoms. The van der Waals surface area contributed by atoms with E-state index < -0.39 is 10.9 Å². The molecule has 0 amide bonds. The smallest absolute Gasteiger partial charge is 0.344 e. The van der Waals surface area contributed by atoms with E-state index in [4.69, 9.17) is 0 Å². The van der Waals surface area contributed by atoms with Crippen LogP contribution in [0.2, 0.25) is 0 Å². The zero-order chi connectivity index (χ0) is 16.3. The minimum Gasteiger partial charge on any atom is -0.465 e. The summed E-state index contributed by atoms with van der Waals surface area (Å²) in [6.07, 6.45) is 1.72. The minimum absolute atomic E-state index is 0.0477. The van der Waals surface area contributed by atoms with Crippen LogP contribution < -0.4 is 4.90 Å². The summed E-state index contributed by atoms with van der Waals surface area (Å²) in [5.74, 6) is -0.723. The molecule has 0 fully saturated rings. The zero-order valence-electron chi connectivity index (χ0n) is 12.4. The van der Waals surface area contributed by atoms with Gasteiger partial charge < -0.3 is 9.64 Å². The second-order valence-corrected chi connectivity index (χ2v) is 5.67. The molecule has 22 heavy (non-hydrogen) atoms. The lowest BCUT2D eigenvalue weighted by molar-refractivity contribution is -0.385. The summed E-state index contributed by atoms with van der Waals surface area (Å²) in [5, 5.41) is 14.0. The molecular weight excluding hydrogens is 306 g/mol. The molecule has 0 atom stereocenters. The Bertz CT molecular complexity index is 700. The highest BCUT2D eigenvalue weighted by Gasteiger charge is 2.25. The van der Waals surface area contributed by atoms with Crippen molar-refractivity contribution < 1.29 is 14.5 Å². The molecule has 0 saturated heterocycles. The lowest BCUT2D eigenvalue weighted by Crippen LogP contribution is -2.18. The largest absolute Gasteiger partial charge is 0.465 e. The SMILES string of the molecule is COC(=O)c1cc(N(C)Cc2nccs2)cc(C)c1[N+](=O)[O-]. The van der Waals surface area contributed by atoms with Crippen LogP contribution in [0.3, 0.4) is 0 Å². The van der Waals surface area contributed by atoms with Crippen LogP contribution in [0, 0.1) is 17.0 Å². The predicted molar refractivity (Wildman–Crippen MR) is 83.4 cm³/mol. The number of aryl methyl sites for hydroxylation is 1. The number of rotatable bonds is 5. The number of anilines is 1. The zero-order valence-corrected chi connectivity index (χ0v) is 13.2. The van der Waals surface area contributed by atoms with Gasteiger partial charge in [-0.2, -0.15) is 0 Å². The standard InChI is InChI=1S/C14H15N3O4S/c1-9-6-10(16(2)8-12-15-4-5-22-12)7-11(14(18)21-3)13(9)17(19)20/h4-7H,8H2,1-3H3. The number of esters is 1. The Morgan fingerprint density at radius 3 is 2.77 bits per heavy atom. The van der Waals surface area contributed by atoms with E-state index in [1.807, 2.05) is 17.3 Å². The fraction of sp³-hybridized carbons (Fsp3) is 0.286. The van der Waals surface area contributed by atoms with Crippen molar-refractivity contribution in [2.45, 2.75) is 13.5 Å². The monoisotopic (exact) mass is 321 g/mol. The molecule has 1 aromatic carbocycles. The highest BCUT2D eigenvalue weighted by Crippen LogP contribution is 2.30. The first kappa shape index (κ1) is 15.9. The van der Waals surface area contributed by atoms with Crippen LogP contribution in [0.4, 0.5) is 11.4 Å². The van der Waals surface area contributed by atoms with Crippen LogP contribution in [0.1, 0.15) is 20.9 Å². The minimum atomic E-state index is -0.723. The van der Waals surface area contributed by atoms with E-state index in [1.165, 1.54) is 24.5 Å². The number of carbonyl (C=O) groups is 1. The molecule has 8 heteroatoms. The van der Waals surface area contributed by atoms with Gasteiger partial charge in [0, 0.05) is 29.9 Å². The summed E-state index contributed by atoms with van der Waals surface area (Å²) in [6, 6.07) is 3.16. The second kappa shape index (κ2) is 6.52. The van der Waals surface area contributed by atoms with Crippen molar-refractivity contribution in [1.29, 1.82) is 0 Å². The van der Waals surface area contributed by atoms with E-state index >= 15 is 0 Å². The van der Waals surface area contributed by atoms with E-state index in [9.17, 15) is 14.9 Å². The van der Waals surface area contributed by atoms with E-state index in [0.29, 0.717) is 17.8 Å². The summed E-state index contributed by atoms with van der Waals surface area (Å²) in [5.41, 5.74) is 0.833. The van der Waals surface area contributed by atoms with Gasteiger partial charge in [0.15, 0.2) is 0 Å². The van der Waals surface area contributed by atoms with Crippen LogP contribution in [0.15, 0.2) is 23.7 Å². The van der Waals surface area contributed by atoms with Gasteiger partial charge in [-0.1, -0.05) is 0 Å². The van der Waals surface area contributed by atoms with Crippen LogP contribution in [0.25, 0.3) is 0 Å². The molecule has 0 bridgehead atoms. The van der Waals surface area contributed by atoms with Gasteiger partial charge in [0.2, 0.25) is 0 Å². The van der Waals surface area contributed by atoms with E-state index in [0.717, 1.165) is 5.01 Å². The van der Waals surface area contributed by atoms with Gasteiger partial charge >= 0.3 is 5.97 Å². The molecule has 1 aromatic heterocycles. The lowest BCUT2D eigenvalue weighted by atomic mass is 10.1. The number of aromatic nitrogens is 1. The number of nitro groups is 1. The van der Waals surface area contributed by atoms with Gasteiger partial charge in [0.1, 0.15) is 10.6 Å². The van der Waals surface area contributed by atoms with Gasteiger partial charge in [0.05, 0.1) is 18.6 Å². The number of nitrogens with zero attached hydrogens (tertiary/aromatic N) is 3. The van der Waals surface area contributed by atoms with Crippen LogP contribution in [-0.2, 0) is 11.3 Å². The fourth-order valence-electron chi connectivity index (χ4n) is 2.11. The first-order valence-electron chi connectivity index (χ1n) is 6.41. The fourth-order valence-corrected chi connectivity index (χ4v) is 2.78. The average Bonchev–Trinajstić information content (AvgIpc) is 2.97. The maximum atomic E-state index is 11.8. The molecule has 1 heterocycles. The Morgan fingerprint density at radius 1 is 1.50 bits per heavy atom. The molecule has 0 unspecified atom stereocenters. The Morgan fingerprint density at radius 2 is 2.23 bits per heavy atom. The molecule has 2 aromatic rings. The van der Waals surface area contributed by atoms with Crippen LogP contribution in [0.5, 0.6) is 0 Å². The Hall–Kier alpha value is -2.48. The van der Waals surface area contributed by atoms with Crippen molar-refractivity contribution in [2.75, 3.05) is 19.1 Å². The van der Waals surface area contributed by atoms with Gasteiger partial charge in [-0.25, -0.2) is 9.78 Å². The number of carbonyl (C=O) groups excluding carboxylic acids is 1. The first-order valence-corrected chi connectivity index (χ1v) is 7.29. The van der Waals surface area contributed by atoms with Gasteiger partial charge in [-0.05, 0) is 19.1 Å². The number of hydrogen-bond acceptors (Lipinski definition) is 7. The van der Waals surface area contributed by atoms with Crippen molar-refractivity contribution in [2.24, 2.45) is 0 Å². The van der Waals surface area contributed by atoms with Crippen molar-refractivity contribution in [1.82, 2.24) is 4.98 Å². The predicted octanol–water partition coefficient (Wildman–Crippen LogP) is 2.78. The van der Waals surface area contributed by atoms with Gasteiger partial charge in [-0.15, -0.1) is 11.3 Å². The third-order valence-electron chi connectivity index (χ3n) is 3.17. The topological polar surface area (TPSA) is 85.6 Å². The van der Waals surface area contributed by atoms with E-state index in [-0.39, 0.29) is 11.3 Å². The van der Waals surface area contributed by atoms with Crippen molar-refractivity contribution >= 4 is 28.7 Å². The average molecular weight is 321 g/mol. The first-order chi connectivity index (χ1) is 10.4. The molecule has 0 aliphatic carbocycles. The molecule has 0 aliphatic heterocycles. The molecule has 116 valence electrons. The quantitative estimate of drug-likeness (QED) is 0.478. The summed E-state index contributed by atoms with van der Waals surface area (Å²) >= 11 is 1.52. The van der Waals surface area contributed by atoms with Crippen LogP contribution in [-0.4, -0.2) is 30.0 Å². The number of thiazole rings is 1. The molecule has 0 aliphatic rings. The van der Waals surface area contributed by atoms with Crippen molar-refractivity contribution in [3.05, 3.63) is 50.0 Å². The van der Waals surface area contributed by atoms with Gasteiger partial charge in [0.25, 0.3) is 5.69 Å². The summed E-state index contributed by atoms with van der Waals surface area (Å²) in [7, 11) is 3.04. The summed E-state index contributed by atoms with van der Waals surface area (Å²) < 4.78 is 4.65. The maximum absolute atomic E-state index is 11.8. The normalized spacial score (nSPS) is 10.3. The number of ether oxygens (including phenoxy) is 1. The van der Waals surface area contributed by atoms with E-state index in [2.05, 4.69) is 9.72 Å². The van der Waals surface area contributed by atoms with Crippen LogP contribution >= 0.6 is 11.3 Å². The second-order valence-electron chi connectivity index (χ2n) is 4.69. The molecule has 7 nitrogen and oxygen atoms in total. The van der Waals surface area contributed by atoms with E-state index in [1.54, 1.807) is 19.2 Å². The molecule has 0 radical (unpaired) electrons. The highest BCUT2D eigenvalue weighted by atomic mass is 32.1. The van der Waals surface area contributed by atoms with Gasteiger partial charge in [-0.3, -0.25) is 10.1 Å². The molecular formula is C14H15N3O4S. The number of hydrogen-bond donors (Lipinski definition) is 0. The molecule has 2 rings (SSSR count). The molecule has 0 saturated carbocycles. The number of nitro benzene ring substituents is 1. The third kappa shape index (κ3) is 3.22. The number of methoxy groups -OCH3 is 1. The number of benzene rings is 1. The Balaban J connectivity index is 2.42. The Labute approximate surface area is 131 Å². The summed E-state index contributed by atoms with van der Waals surface area (Å²) in [4.78, 5) is 28.5. The lowest BCUT2D eigenvalue weighted by Gasteiger charge is -2.19. The highest BCUT2D eigenvalue weighted by molar-refractivity contribution is 7.09. The third-order valence-corrected chi connectivity index (χ3v) is 3.93. The van der Waals surface area contributed by atoms with Crippen molar-refractivity contribution in [3.8, 4) is 0 Å². The Kier molecular flexibility index (Phi) is 4.71. The summed E-state index contributed by atoms with van der Waals surface area (Å²) in [6.45, 7) is 2.15. The maximum Gasteiger partial charge on any atom is 0.344 e. The van der Waals surface area contributed by atoms with Crippen molar-refractivity contribution in [3.63, 3.8) is 0 Å².